The maximum Gasteiger partial charge on any atom is 0.249 e. The van der Waals surface area contributed by atoms with Gasteiger partial charge in [-0.3, -0.25) is 4.79 Å². The van der Waals surface area contributed by atoms with Gasteiger partial charge in [0.1, 0.15) is 6.10 Å². The van der Waals surface area contributed by atoms with Crippen LogP contribution in [0.3, 0.4) is 0 Å². The lowest BCUT2D eigenvalue weighted by Gasteiger charge is -2.19. The van der Waals surface area contributed by atoms with Crippen LogP contribution in [0.4, 0.5) is 4.39 Å². The van der Waals surface area contributed by atoms with Crippen LogP contribution in [0.15, 0.2) is 18.2 Å². The highest BCUT2D eigenvalue weighted by atomic mass is 19.1. The Bertz CT molecular complexity index is 477. The molecule has 1 aromatic rings. The number of amides is 1. The Morgan fingerprint density at radius 2 is 1.95 bits per heavy atom. The number of hydrogen-bond acceptors (Lipinski definition) is 3. The van der Waals surface area contributed by atoms with Crippen LogP contribution in [0, 0.1) is 11.7 Å². The summed E-state index contributed by atoms with van der Waals surface area (Å²) in [6.07, 6.45) is -0.530. The van der Waals surface area contributed by atoms with Crippen LogP contribution in [0.1, 0.15) is 39.3 Å². The lowest BCUT2D eigenvalue weighted by Crippen LogP contribution is -2.36. The van der Waals surface area contributed by atoms with E-state index in [2.05, 4.69) is 5.32 Å². The van der Waals surface area contributed by atoms with Crippen LogP contribution >= 0.6 is 0 Å². The summed E-state index contributed by atoms with van der Waals surface area (Å²) in [5.41, 5.74) is 0.678. The second-order valence-corrected chi connectivity index (χ2v) is 5.49. The van der Waals surface area contributed by atoms with Gasteiger partial charge >= 0.3 is 0 Å². The van der Waals surface area contributed by atoms with Crippen molar-refractivity contribution in [3.63, 3.8) is 0 Å². The first-order valence-corrected chi connectivity index (χ1v) is 7.10. The third-order valence-electron chi connectivity index (χ3n) is 3.08. The lowest BCUT2D eigenvalue weighted by molar-refractivity contribution is -0.133. The van der Waals surface area contributed by atoms with E-state index in [0.717, 1.165) is 0 Å². The van der Waals surface area contributed by atoms with Crippen molar-refractivity contribution in [2.45, 2.75) is 39.8 Å². The highest BCUT2D eigenvalue weighted by molar-refractivity contribution is 5.80. The van der Waals surface area contributed by atoms with Gasteiger partial charge in [0, 0.05) is 6.61 Å². The summed E-state index contributed by atoms with van der Waals surface area (Å²) in [4.78, 5) is 12.0. The van der Waals surface area contributed by atoms with Gasteiger partial charge in [-0.15, -0.1) is 0 Å². The maximum atomic E-state index is 13.7. The topological polar surface area (TPSA) is 47.6 Å². The Kier molecular flexibility index (Phi) is 6.62. The molecule has 4 nitrogen and oxygen atoms in total. The first-order chi connectivity index (χ1) is 9.85. The summed E-state index contributed by atoms with van der Waals surface area (Å²) in [6, 6.07) is 4.34. The molecule has 0 aliphatic carbocycles. The minimum absolute atomic E-state index is 0.186. The molecule has 0 bridgehead atoms. The van der Waals surface area contributed by atoms with Crippen molar-refractivity contribution in [2.24, 2.45) is 5.92 Å². The molecule has 1 aromatic carbocycles. The molecule has 0 radical (unpaired) electrons. The molecule has 5 heteroatoms. The summed E-state index contributed by atoms with van der Waals surface area (Å²) in [7, 11) is 1.41. The van der Waals surface area contributed by atoms with E-state index in [-0.39, 0.29) is 17.7 Å². The van der Waals surface area contributed by atoms with E-state index in [0.29, 0.717) is 18.1 Å². The zero-order valence-corrected chi connectivity index (χ0v) is 13.3. The van der Waals surface area contributed by atoms with E-state index < -0.39 is 11.9 Å². The zero-order valence-electron chi connectivity index (χ0n) is 13.3. The fourth-order valence-corrected chi connectivity index (χ4v) is 1.78. The van der Waals surface area contributed by atoms with Crippen LogP contribution in [0.5, 0.6) is 5.75 Å². The van der Waals surface area contributed by atoms with Crippen molar-refractivity contribution in [3.8, 4) is 5.75 Å². The average molecular weight is 297 g/mol. The third kappa shape index (κ3) is 5.34. The van der Waals surface area contributed by atoms with Gasteiger partial charge in [0.2, 0.25) is 5.91 Å². The molecule has 2 atom stereocenters. The molecular weight excluding hydrogens is 273 g/mol. The molecule has 1 rings (SSSR count). The molecule has 118 valence electrons. The van der Waals surface area contributed by atoms with Crippen LogP contribution in [0.25, 0.3) is 0 Å². The number of hydrogen-bond donors (Lipinski definition) is 1. The molecule has 0 fully saturated rings. The molecule has 0 spiro atoms. The van der Waals surface area contributed by atoms with Gasteiger partial charge in [-0.2, -0.15) is 0 Å². The van der Waals surface area contributed by atoms with E-state index in [9.17, 15) is 9.18 Å². The fourth-order valence-electron chi connectivity index (χ4n) is 1.78. The molecule has 0 aliphatic heterocycles. The van der Waals surface area contributed by atoms with E-state index in [1.807, 2.05) is 13.8 Å². The standard InChI is InChI=1S/C16H24FNO3/c1-10(2)9-21-12(4)16(19)18-11(3)13-6-7-15(20-5)14(17)8-13/h6-8,10-12H,9H2,1-5H3,(H,18,19)/t11-,12+/m0/s1. The second kappa shape index (κ2) is 7.98. The van der Waals surface area contributed by atoms with Crippen LogP contribution in [-0.2, 0) is 9.53 Å². The van der Waals surface area contributed by atoms with Gasteiger partial charge in [-0.05, 0) is 37.5 Å². The fraction of sp³-hybridized carbons (Fsp3) is 0.562. The van der Waals surface area contributed by atoms with E-state index >= 15 is 0 Å². The quantitative estimate of drug-likeness (QED) is 0.841. The molecule has 0 heterocycles. The molecule has 0 unspecified atom stereocenters. The zero-order chi connectivity index (χ0) is 16.0. The monoisotopic (exact) mass is 297 g/mol. The molecule has 0 aromatic heterocycles. The molecular formula is C16H24FNO3. The minimum atomic E-state index is -0.530. The normalized spacial score (nSPS) is 13.9. The minimum Gasteiger partial charge on any atom is -0.494 e. The predicted molar refractivity (Wildman–Crippen MR) is 79.8 cm³/mol. The second-order valence-electron chi connectivity index (χ2n) is 5.49. The van der Waals surface area contributed by atoms with E-state index in [1.165, 1.54) is 13.2 Å². The Labute approximate surface area is 125 Å². The average Bonchev–Trinajstić information content (AvgIpc) is 2.44. The van der Waals surface area contributed by atoms with Crippen molar-refractivity contribution in [1.82, 2.24) is 5.32 Å². The Hall–Kier alpha value is -1.62. The molecule has 1 N–H and O–H groups in total. The predicted octanol–water partition coefficient (Wildman–Crippen LogP) is 3.07. The number of methoxy groups -OCH3 is 1. The van der Waals surface area contributed by atoms with Crippen LogP contribution < -0.4 is 10.1 Å². The molecule has 0 saturated heterocycles. The number of carbonyl (C=O) groups excluding carboxylic acids is 1. The number of ether oxygens (including phenoxy) is 2. The molecule has 1 amide bonds. The summed E-state index contributed by atoms with van der Waals surface area (Å²) in [5, 5.41) is 2.81. The molecule has 0 aliphatic rings. The van der Waals surface area contributed by atoms with Crippen molar-refractivity contribution in [2.75, 3.05) is 13.7 Å². The summed E-state index contributed by atoms with van der Waals surface area (Å²) < 4.78 is 24.0. The molecule has 21 heavy (non-hydrogen) atoms. The Morgan fingerprint density at radius 1 is 1.29 bits per heavy atom. The number of nitrogens with one attached hydrogen (secondary N) is 1. The number of rotatable bonds is 7. The van der Waals surface area contributed by atoms with Gasteiger partial charge in [0.25, 0.3) is 0 Å². The van der Waals surface area contributed by atoms with Gasteiger partial charge in [-0.1, -0.05) is 19.9 Å². The first kappa shape index (κ1) is 17.4. The van der Waals surface area contributed by atoms with E-state index in [1.54, 1.807) is 26.0 Å². The first-order valence-electron chi connectivity index (χ1n) is 7.10. The molecule has 0 saturated carbocycles. The SMILES string of the molecule is COc1ccc([C@H](C)NC(=O)[C@@H](C)OCC(C)C)cc1F. The Balaban J connectivity index is 2.61. The summed E-state index contributed by atoms with van der Waals surface area (Å²) in [6.45, 7) is 8.08. The van der Waals surface area contributed by atoms with Crippen molar-refractivity contribution in [3.05, 3.63) is 29.6 Å². The van der Waals surface area contributed by atoms with Crippen molar-refractivity contribution in [1.29, 1.82) is 0 Å². The summed E-state index contributed by atoms with van der Waals surface area (Å²) >= 11 is 0. The highest BCUT2D eigenvalue weighted by Crippen LogP contribution is 2.21. The summed E-state index contributed by atoms with van der Waals surface area (Å²) in [5.74, 6) is -0.0983. The van der Waals surface area contributed by atoms with Gasteiger partial charge in [-0.25, -0.2) is 4.39 Å². The van der Waals surface area contributed by atoms with Gasteiger partial charge in [0.15, 0.2) is 11.6 Å². The third-order valence-corrected chi connectivity index (χ3v) is 3.08. The number of benzene rings is 1. The largest absolute Gasteiger partial charge is 0.494 e. The number of halogens is 1. The van der Waals surface area contributed by atoms with Crippen molar-refractivity contribution < 1.29 is 18.7 Å². The maximum absolute atomic E-state index is 13.7. The van der Waals surface area contributed by atoms with Gasteiger partial charge < -0.3 is 14.8 Å². The van der Waals surface area contributed by atoms with Crippen molar-refractivity contribution >= 4 is 5.91 Å². The Morgan fingerprint density at radius 3 is 2.48 bits per heavy atom. The smallest absolute Gasteiger partial charge is 0.249 e. The van der Waals surface area contributed by atoms with Crippen LogP contribution in [0.2, 0.25) is 0 Å². The van der Waals surface area contributed by atoms with Gasteiger partial charge in [0.05, 0.1) is 13.2 Å². The lowest BCUT2D eigenvalue weighted by atomic mass is 10.1. The van der Waals surface area contributed by atoms with E-state index in [4.69, 9.17) is 9.47 Å². The number of carbonyl (C=O) groups is 1. The van der Waals surface area contributed by atoms with Crippen LogP contribution in [-0.4, -0.2) is 25.7 Å². The highest BCUT2D eigenvalue weighted by Gasteiger charge is 2.18.